The van der Waals surface area contributed by atoms with Crippen molar-refractivity contribution in [3.05, 3.63) is 48.5 Å². The first-order chi connectivity index (χ1) is 18.8. The molecule has 1 fully saturated rings. The second-order valence-corrected chi connectivity index (χ2v) is 11.2. The second-order valence-electron chi connectivity index (χ2n) is 9.20. The Balaban J connectivity index is 1.37. The summed E-state index contributed by atoms with van der Waals surface area (Å²) >= 11 is 0. The number of aromatic nitrogens is 2. The number of H-pyrrole nitrogens is 1. The van der Waals surface area contributed by atoms with E-state index in [1.54, 1.807) is 30.3 Å². The van der Waals surface area contributed by atoms with E-state index in [-0.39, 0.29) is 22.4 Å². The fourth-order valence-corrected chi connectivity index (χ4v) is 5.86. The number of nitrogens with one attached hydrogen (secondary N) is 2. The normalized spacial score (nSPS) is 14.4. The maximum Gasteiger partial charge on any atom is 0.264 e. The summed E-state index contributed by atoms with van der Waals surface area (Å²) < 4.78 is 44.0. The van der Waals surface area contributed by atoms with Crippen LogP contribution in [0.3, 0.4) is 0 Å². The number of aromatic amines is 1. The Morgan fingerprint density at radius 1 is 1.05 bits per heavy atom. The lowest BCUT2D eigenvalue weighted by atomic mass is 10.1. The number of morpholine rings is 1. The highest BCUT2D eigenvalue weighted by atomic mass is 32.2. The second kappa shape index (κ2) is 11.1. The van der Waals surface area contributed by atoms with Gasteiger partial charge in [0.15, 0.2) is 0 Å². The van der Waals surface area contributed by atoms with E-state index in [0.29, 0.717) is 37.7 Å². The summed E-state index contributed by atoms with van der Waals surface area (Å²) in [4.78, 5) is 22.4. The van der Waals surface area contributed by atoms with Gasteiger partial charge in [0.2, 0.25) is 17.7 Å². The highest BCUT2D eigenvalue weighted by molar-refractivity contribution is 7.92. The Hall–Kier alpha value is -3.87. The third-order valence-electron chi connectivity index (χ3n) is 6.83. The number of anilines is 2. The molecule has 2 aromatic heterocycles. The zero-order valence-corrected chi connectivity index (χ0v) is 22.9. The van der Waals surface area contributed by atoms with Crippen molar-refractivity contribution in [1.29, 1.82) is 0 Å². The molecule has 2 aromatic carbocycles. The van der Waals surface area contributed by atoms with Crippen LogP contribution in [-0.2, 0) is 19.6 Å². The zero-order valence-electron chi connectivity index (χ0n) is 22.1. The van der Waals surface area contributed by atoms with Crippen LogP contribution in [-0.4, -0.2) is 83.3 Å². The van der Waals surface area contributed by atoms with Gasteiger partial charge in [-0.15, -0.1) is 0 Å². The fourth-order valence-electron chi connectivity index (χ4n) is 4.64. The van der Waals surface area contributed by atoms with Gasteiger partial charge >= 0.3 is 0 Å². The zero-order chi connectivity index (χ0) is 27.6. The van der Waals surface area contributed by atoms with Gasteiger partial charge in [-0.05, 0) is 36.4 Å². The van der Waals surface area contributed by atoms with Crippen molar-refractivity contribution in [2.75, 3.05) is 63.7 Å². The number of fused-ring (bicyclic) bond motifs is 3. The quantitative estimate of drug-likeness (QED) is 0.324. The van der Waals surface area contributed by atoms with Crippen LogP contribution < -0.4 is 19.1 Å². The molecule has 0 radical (unpaired) electrons. The van der Waals surface area contributed by atoms with Crippen molar-refractivity contribution in [3.8, 4) is 11.8 Å². The number of hydrogen-bond acceptors (Lipinski definition) is 8. The molecule has 5 rings (SSSR count). The van der Waals surface area contributed by atoms with E-state index in [0.717, 1.165) is 39.2 Å². The molecule has 0 unspecified atom stereocenters. The number of ether oxygens (including phenoxy) is 3. The lowest BCUT2D eigenvalue weighted by Crippen LogP contribution is -2.38. The standard InChI is InChI=1S/C27H31N5O6S/c1-31(24-8-9-26(36-2)30-27(24)37-3)39(34,35)19-5-7-22-21(17-19)20-6-4-18(16-23(20)29-22)28-25(33)10-11-32-12-14-38-15-13-32/h4-9,16-17,29H,10-15H2,1-3H3,(H,28,33). The minimum atomic E-state index is -3.93. The molecule has 2 N–H and O–H groups in total. The first-order valence-corrected chi connectivity index (χ1v) is 14.0. The summed E-state index contributed by atoms with van der Waals surface area (Å²) in [5, 5.41) is 4.56. The predicted molar refractivity (Wildman–Crippen MR) is 149 cm³/mol. The van der Waals surface area contributed by atoms with Crippen LogP contribution in [0.5, 0.6) is 11.8 Å². The summed E-state index contributed by atoms with van der Waals surface area (Å²) in [5.41, 5.74) is 2.53. The van der Waals surface area contributed by atoms with Crippen LogP contribution >= 0.6 is 0 Å². The van der Waals surface area contributed by atoms with Crippen molar-refractivity contribution in [3.63, 3.8) is 0 Å². The molecular weight excluding hydrogens is 522 g/mol. The molecule has 0 atom stereocenters. The van der Waals surface area contributed by atoms with Gasteiger partial charge in [0.1, 0.15) is 5.69 Å². The van der Waals surface area contributed by atoms with Crippen molar-refractivity contribution in [2.24, 2.45) is 0 Å². The number of carbonyl (C=O) groups is 1. The molecule has 0 spiro atoms. The first kappa shape index (κ1) is 26.7. The number of sulfonamides is 1. The highest BCUT2D eigenvalue weighted by Crippen LogP contribution is 2.34. The summed E-state index contributed by atoms with van der Waals surface area (Å²) in [7, 11) is 0.416. The molecule has 1 aliphatic rings. The summed E-state index contributed by atoms with van der Waals surface area (Å²) in [6.07, 6.45) is 0.397. The molecule has 1 aliphatic heterocycles. The molecule has 0 aliphatic carbocycles. The minimum Gasteiger partial charge on any atom is -0.481 e. The van der Waals surface area contributed by atoms with Gasteiger partial charge in [0.25, 0.3) is 10.0 Å². The monoisotopic (exact) mass is 553 g/mol. The van der Waals surface area contributed by atoms with Crippen LogP contribution in [0.25, 0.3) is 21.8 Å². The molecule has 4 aromatic rings. The number of pyridine rings is 1. The number of hydrogen-bond donors (Lipinski definition) is 2. The molecule has 12 heteroatoms. The summed E-state index contributed by atoms with van der Waals surface area (Å²) in [6, 6.07) is 13.7. The van der Waals surface area contributed by atoms with E-state index < -0.39 is 10.0 Å². The summed E-state index contributed by atoms with van der Waals surface area (Å²) in [5.74, 6) is 0.388. The number of carbonyl (C=O) groups excluding carboxylic acids is 1. The lowest BCUT2D eigenvalue weighted by Gasteiger charge is -2.26. The van der Waals surface area contributed by atoms with Crippen molar-refractivity contribution in [2.45, 2.75) is 11.3 Å². The van der Waals surface area contributed by atoms with Gasteiger partial charge in [-0.1, -0.05) is 6.07 Å². The van der Waals surface area contributed by atoms with E-state index in [4.69, 9.17) is 14.2 Å². The number of benzene rings is 2. The maximum atomic E-state index is 13.6. The third-order valence-corrected chi connectivity index (χ3v) is 8.59. The van der Waals surface area contributed by atoms with Gasteiger partial charge in [0, 0.05) is 66.7 Å². The lowest BCUT2D eigenvalue weighted by molar-refractivity contribution is -0.116. The first-order valence-electron chi connectivity index (χ1n) is 12.5. The molecule has 0 saturated carbocycles. The van der Waals surface area contributed by atoms with Crippen LogP contribution in [0.1, 0.15) is 6.42 Å². The molecular formula is C27H31N5O6S. The third kappa shape index (κ3) is 5.49. The Morgan fingerprint density at radius 2 is 1.85 bits per heavy atom. The van der Waals surface area contributed by atoms with Gasteiger partial charge < -0.3 is 24.5 Å². The number of amides is 1. The summed E-state index contributed by atoms with van der Waals surface area (Å²) in [6.45, 7) is 3.77. The van der Waals surface area contributed by atoms with Gasteiger partial charge in [-0.2, -0.15) is 4.98 Å². The van der Waals surface area contributed by atoms with Gasteiger partial charge in [-0.25, -0.2) is 8.42 Å². The van der Waals surface area contributed by atoms with Crippen molar-refractivity contribution >= 4 is 49.1 Å². The van der Waals surface area contributed by atoms with Gasteiger partial charge in [-0.3, -0.25) is 14.0 Å². The van der Waals surface area contributed by atoms with Crippen LogP contribution in [0.4, 0.5) is 11.4 Å². The Morgan fingerprint density at radius 3 is 2.59 bits per heavy atom. The number of rotatable bonds is 9. The molecule has 39 heavy (non-hydrogen) atoms. The van der Waals surface area contributed by atoms with E-state index in [1.165, 1.54) is 21.3 Å². The minimum absolute atomic E-state index is 0.0585. The molecule has 1 saturated heterocycles. The van der Waals surface area contributed by atoms with Crippen LogP contribution in [0, 0.1) is 0 Å². The fraction of sp³-hybridized carbons (Fsp3) is 0.333. The molecule has 1 amide bonds. The van der Waals surface area contributed by atoms with Gasteiger partial charge in [0.05, 0.1) is 32.3 Å². The number of methoxy groups -OCH3 is 2. The smallest absolute Gasteiger partial charge is 0.264 e. The van der Waals surface area contributed by atoms with E-state index in [1.807, 2.05) is 18.2 Å². The predicted octanol–water partition coefficient (Wildman–Crippen LogP) is 3.22. The average Bonchev–Trinajstić information content (AvgIpc) is 3.33. The van der Waals surface area contributed by atoms with Crippen LogP contribution in [0.15, 0.2) is 53.4 Å². The number of nitrogens with zero attached hydrogens (tertiary/aromatic N) is 3. The Kier molecular flexibility index (Phi) is 7.60. The molecule has 11 nitrogen and oxygen atoms in total. The van der Waals surface area contributed by atoms with Crippen LogP contribution in [0.2, 0.25) is 0 Å². The topological polar surface area (TPSA) is 126 Å². The highest BCUT2D eigenvalue weighted by Gasteiger charge is 2.26. The molecule has 206 valence electrons. The largest absolute Gasteiger partial charge is 0.481 e. The van der Waals surface area contributed by atoms with Crippen molar-refractivity contribution in [1.82, 2.24) is 14.9 Å². The maximum absolute atomic E-state index is 13.6. The Labute approximate surface area is 226 Å². The Bertz CT molecular complexity index is 1610. The average molecular weight is 554 g/mol. The van der Waals surface area contributed by atoms with E-state index >= 15 is 0 Å². The van der Waals surface area contributed by atoms with E-state index in [2.05, 4.69) is 20.2 Å². The van der Waals surface area contributed by atoms with Crippen molar-refractivity contribution < 1.29 is 27.4 Å². The molecule has 3 heterocycles. The SMILES string of the molecule is COc1ccc(N(C)S(=O)(=O)c2ccc3[nH]c4cc(NC(=O)CCN5CCOCC5)ccc4c3c2)c(OC)n1. The van der Waals surface area contributed by atoms with E-state index in [9.17, 15) is 13.2 Å². The molecule has 0 bridgehead atoms.